The van der Waals surface area contributed by atoms with Crippen LogP contribution in [0, 0.1) is 6.92 Å². The number of likely N-dealkylation sites (N-methyl/N-ethyl adjacent to an activating group) is 1. The van der Waals surface area contributed by atoms with Crippen LogP contribution < -0.4 is 5.32 Å². The van der Waals surface area contributed by atoms with Gasteiger partial charge < -0.3 is 14.6 Å². The van der Waals surface area contributed by atoms with Crippen molar-refractivity contribution < 1.29 is 9.21 Å². The van der Waals surface area contributed by atoms with Crippen LogP contribution in [0.2, 0.25) is 0 Å². The predicted octanol–water partition coefficient (Wildman–Crippen LogP) is 4.41. The first kappa shape index (κ1) is 20.9. The Morgan fingerprint density at radius 1 is 1.09 bits per heavy atom. The van der Waals surface area contributed by atoms with Crippen LogP contribution in [0.25, 0.3) is 39.0 Å². The van der Waals surface area contributed by atoms with Crippen molar-refractivity contribution in [3.63, 3.8) is 0 Å². The van der Waals surface area contributed by atoms with Crippen LogP contribution in [0.5, 0.6) is 0 Å². The van der Waals surface area contributed by atoms with Crippen molar-refractivity contribution >= 4 is 22.4 Å². The highest BCUT2D eigenvalue weighted by Crippen LogP contribution is 2.36. The fourth-order valence-electron chi connectivity index (χ4n) is 3.93. The number of hydrogen-bond acceptors (Lipinski definition) is 5. The molecule has 7 nitrogen and oxygen atoms in total. The Hall–Kier alpha value is -3.97. The molecule has 0 aliphatic rings. The second kappa shape index (κ2) is 8.52. The van der Waals surface area contributed by atoms with Crippen LogP contribution >= 0.6 is 0 Å². The van der Waals surface area contributed by atoms with Gasteiger partial charge in [-0.05, 0) is 69.0 Å². The Bertz CT molecular complexity index is 1460. The minimum absolute atomic E-state index is 0.213. The maximum Gasteiger partial charge on any atom is 0.287 e. The molecule has 4 aromatic heterocycles. The quantitative estimate of drug-likeness (QED) is 0.424. The Balaban J connectivity index is 1.57. The molecular weight excluding hydrogens is 414 g/mol. The van der Waals surface area contributed by atoms with Crippen molar-refractivity contribution in [3.8, 4) is 22.5 Å². The number of aryl methyl sites for hydroxylation is 1. The molecule has 0 unspecified atom stereocenters. The Morgan fingerprint density at radius 3 is 2.79 bits per heavy atom. The van der Waals surface area contributed by atoms with Crippen molar-refractivity contribution in [2.24, 2.45) is 0 Å². The maximum atomic E-state index is 12.5. The molecule has 0 bridgehead atoms. The zero-order chi connectivity index (χ0) is 22.9. The van der Waals surface area contributed by atoms with Gasteiger partial charge in [0.25, 0.3) is 5.91 Å². The number of carbonyl (C=O) groups is 1. The first-order valence-corrected chi connectivity index (χ1v) is 10.9. The Morgan fingerprint density at radius 2 is 1.97 bits per heavy atom. The first-order chi connectivity index (χ1) is 16.0. The van der Waals surface area contributed by atoms with Crippen LogP contribution in [0.4, 0.5) is 0 Å². The summed E-state index contributed by atoms with van der Waals surface area (Å²) in [5.41, 5.74) is 6.21. The standard InChI is InChI=1S/C26H25N5O2/c1-17-7-6-8-20(28-17)25-24(21-9-4-5-13-31(21)29-25)18-10-11-22-19(15-18)16-23(33-22)26(32)27-12-14-30(2)3/h4-11,13,15-16H,12,14H2,1-3H3,(H,27,32). The van der Waals surface area contributed by atoms with Crippen LogP contribution in [0.15, 0.2) is 71.3 Å². The van der Waals surface area contributed by atoms with E-state index in [1.165, 1.54) is 0 Å². The molecular formula is C26H25N5O2. The number of furan rings is 1. The van der Waals surface area contributed by atoms with Gasteiger partial charge in [0.2, 0.25) is 0 Å². The molecule has 5 aromatic rings. The fraction of sp³-hybridized carbons (Fsp3) is 0.192. The van der Waals surface area contributed by atoms with E-state index in [1.54, 1.807) is 6.07 Å². The summed E-state index contributed by atoms with van der Waals surface area (Å²) >= 11 is 0. The first-order valence-electron chi connectivity index (χ1n) is 10.9. The zero-order valence-corrected chi connectivity index (χ0v) is 18.9. The van der Waals surface area contributed by atoms with E-state index >= 15 is 0 Å². The van der Waals surface area contributed by atoms with Crippen LogP contribution in [-0.2, 0) is 0 Å². The number of amides is 1. The van der Waals surface area contributed by atoms with Crippen molar-refractivity contribution in [1.29, 1.82) is 0 Å². The van der Waals surface area contributed by atoms with Crippen molar-refractivity contribution in [2.45, 2.75) is 6.92 Å². The summed E-state index contributed by atoms with van der Waals surface area (Å²) in [7, 11) is 3.94. The van der Waals surface area contributed by atoms with Crippen LogP contribution in [0.1, 0.15) is 16.2 Å². The van der Waals surface area contributed by atoms with E-state index in [4.69, 9.17) is 14.5 Å². The smallest absolute Gasteiger partial charge is 0.287 e. The largest absolute Gasteiger partial charge is 0.451 e. The number of rotatable bonds is 6. The van der Waals surface area contributed by atoms with E-state index in [0.717, 1.165) is 45.7 Å². The highest BCUT2D eigenvalue weighted by Gasteiger charge is 2.19. The Labute approximate surface area is 191 Å². The average molecular weight is 440 g/mol. The number of fused-ring (bicyclic) bond motifs is 2. The molecule has 0 fully saturated rings. The number of carbonyl (C=O) groups excluding carboxylic acids is 1. The summed E-state index contributed by atoms with van der Waals surface area (Å²) in [5.74, 6) is 0.0941. The third-order valence-electron chi connectivity index (χ3n) is 5.54. The summed E-state index contributed by atoms with van der Waals surface area (Å²) in [6, 6.07) is 19.7. The van der Waals surface area contributed by atoms with Crippen LogP contribution in [0.3, 0.4) is 0 Å². The van der Waals surface area contributed by atoms with E-state index in [0.29, 0.717) is 17.9 Å². The van der Waals surface area contributed by atoms with Gasteiger partial charge in [0.05, 0.1) is 11.2 Å². The zero-order valence-electron chi connectivity index (χ0n) is 18.9. The second-order valence-electron chi connectivity index (χ2n) is 8.34. The molecule has 1 N–H and O–H groups in total. The summed E-state index contributed by atoms with van der Waals surface area (Å²) in [6.45, 7) is 3.30. The summed E-state index contributed by atoms with van der Waals surface area (Å²) in [4.78, 5) is 19.2. The van der Waals surface area contributed by atoms with Gasteiger partial charge in [-0.25, -0.2) is 4.52 Å². The minimum atomic E-state index is -0.213. The molecule has 1 aromatic carbocycles. The number of aromatic nitrogens is 3. The van der Waals surface area contributed by atoms with E-state index in [9.17, 15) is 4.79 Å². The molecule has 0 atom stereocenters. The normalized spacial score (nSPS) is 11.5. The molecule has 166 valence electrons. The summed E-state index contributed by atoms with van der Waals surface area (Å²) in [5, 5.41) is 8.59. The molecule has 33 heavy (non-hydrogen) atoms. The lowest BCUT2D eigenvalue weighted by atomic mass is 10.0. The molecule has 7 heteroatoms. The molecule has 0 saturated carbocycles. The van der Waals surface area contributed by atoms with Gasteiger partial charge in [0.15, 0.2) is 5.76 Å². The van der Waals surface area contributed by atoms with Crippen molar-refractivity contribution in [1.82, 2.24) is 24.8 Å². The third-order valence-corrected chi connectivity index (χ3v) is 5.54. The van der Waals surface area contributed by atoms with Gasteiger partial charge in [-0.2, -0.15) is 5.10 Å². The Kier molecular flexibility index (Phi) is 5.40. The minimum Gasteiger partial charge on any atom is -0.451 e. The van der Waals surface area contributed by atoms with E-state index in [2.05, 4.69) is 5.32 Å². The van der Waals surface area contributed by atoms with Gasteiger partial charge in [-0.15, -0.1) is 0 Å². The van der Waals surface area contributed by atoms with E-state index < -0.39 is 0 Å². The van der Waals surface area contributed by atoms with E-state index in [-0.39, 0.29) is 5.91 Å². The number of pyridine rings is 2. The number of benzene rings is 1. The second-order valence-corrected chi connectivity index (χ2v) is 8.34. The third kappa shape index (κ3) is 4.10. The topological polar surface area (TPSA) is 75.7 Å². The molecule has 0 aliphatic heterocycles. The van der Waals surface area contributed by atoms with Gasteiger partial charge in [-0.3, -0.25) is 9.78 Å². The molecule has 1 amide bonds. The van der Waals surface area contributed by atoms with Crippen LogP contribution in [-0.4, -0.2) is 52.6 Å². The highest BCUT2D eigenvalue weighted by molar-refractivity contribution is 5.99. The lowest BCUT2D eigenvalue weighted by Crippen LogP contribution is -2.31. The molecule has 0 radical (unpaired) electrons. The SMILES string of the molecule is Cc1cccc(-c2nn3ccccc3c2-c2ccc3oc(C(=O)NCCN(C)C)cc3c2)n1. The predicted molar refractivity (Wildman–Crippen MR) is 129 cm³/mol. The van der Waals surface area contributed by atoms with Crippen molar-refractivity contribution in [2.75, 3.05) is 27.2 Å². The number of nitrogens with zero attached hydrogens (tertiary/aromatic N) is 4. The molecule has 5 rings (SSSR count). The van der Waals surface area contributed by atoms with Gasteiger partial charge in [0.1, 0.15) is 11.3 Å². The van der Waals surface area contributed by atoms with Gasteiger partial charge in [-0.1, -0.05) is 18.2 Å². The van der Waals surface area contributed by atoms with Gasteiger partial charge in [0, 0.05) is 35.9 Å². The average Bonchev–Trinajstić information content (AvgIpc) is 3.40. The lowest BCUT2D eigenvalue weighted by Gasteiger charge is -2.09. The number of nitrogens with one attached hydrogen (secondary N) is 1. The van der Waals surface area contributed by atoms with E-state index in [1.807, 2.05) is 91.2 Å². The monoisotopic (exact) mass is 439 g/mol. The molecule has 0 spiro atoms. The molecule has 4 heterocycles. The fourth-order valence-corrected chi connectivity index (χ4v) is 3.93. The highest BCUT2D eigenvalue weighted by atomic mass is 16.3. The molecule has 0 saturated heterocycles. The maximum absolute atomic E-state index is 12.5. The van der Waals surface area contributed by atoms with Crippen molar-refractivity contribution in [3.05, 3.63) is 78.3 Å². The molecule has 0 aliphatic carbocycles. The van der Waals surface area contributed by atoms with Gasteiger partial charge >= 0.3 is 0 Å². The summed E-state index contributed by atoms with van der Waals surface area (Å²) in [6.07, 6.45) is 1.94. The summed E-state index contributed by atoms with van der Waals surface area (Å²) < 4.78 is 7.69. The number of hydrogen-bond donors (Lipinski definition) is 1. The lowest BCUT2D eigenvalue weighted by molar-refractivity contribution is 0.0925.